The Balaban J connectivity index is 1.70. The number of carbonyl (C=O) groups is 1. The SMILES string of the molecule is COc1ccc(OCC(=O)NNC(=S)Nc2ccc(F)cc2)cc1. The number of hydrogen-bond acceptors (Lipinski definition) is 4. The first-order valence-corrected chi connectivity index (χ1v) is 7.36. The first kappa shape index (κ1) is 17.5. The number of ether oxygens (including phenoxy) is 2. The molecule has 8 heteroatoms. The van der Waals surface area contributed by atoms with Crippen LogP contribution in [0.1, 0.15) is 0 Å². The number of benzene rings is 2. The molecule has 2 rings (SSSR count). The minimum Gasteiger partial charge on any atom is -0.497 e. The third kappa shape index (κ3) is 5.73. The number of nitrogens with one attached hydrogen (secondary N) is 3. The fourth-order valence-electron chi connectivity index (χ4n) is 1.68. The van der Waals surface area contributed by atoms with Gasteiger partial charge in [0.1, 0.15) is 17.3 Å². The maximum atomic E-state index is 12.8. The molecule has 0 spiro atoms. The molecule has 0 atom stereocenters. The third-order valence-corrected chi connectivity index (χ3v) is 3.05. The number of amides is 1. The van der Waals surface area contributed by atoms with Crippen LogP contribution in [0.2, 0.25) is 0 Å². The summed E-state index contributed by atoms with van der Waals surface area (Å²) in [5, 5.41) is 2.96. The van der Waals surface area contributed by atoms with Gasteiger partial charge in [-0.05, 0) is 60.7 Å². The van der Waals surface area contributed by atoms with Crippen LogP contribution in [0.15, 0.2) is 48.5 Å². The summed E-state index contributed by atoms with van der Waals surface area (Å²) in [6.07, 6.45) is 0. The van der Waals surface area contributed by atoms with E-state index in [1.807, 2.05) is 0 Å². The Hall–Kier alpha value is -2.87. The number of methoxy groups -OCH3 is 1. The molecule has 0 unspecified atom stereocenters. The Morgan fingerprint density at radius 1 is 1.04 bits per heavy atom. The summed E-state index contributed by atoms with van der Waals surface area (Å²) in [4.78, 5) is 11.7. The number of anilines is 1. The van der Waals surface area contributed by atoms with Gasteiger partial charge in [-0.3, -0.25) is 15.6 Å². The van der Waals surface area contributed by atoms with Crippen molar-refractivity contribution in [2.24, 2.45) is 0 Å². The van der Waals surface area contributed by atoms with Gasteiger partial charge >= 0.3 is 0 Å². The van der Waals surface area contributed by atoms with Gasteiger partial charge in [-0.2, -0.15) is 0 Å². The van der Waals surface area contributed by atoms with Crippen LogP contribution in [-0.2, 0) is 4.79 Å². The Bertz CT molecular complexity index is 693. The van der Waals surface area contributed by atoms with Crippen molar-refractivity contribution in [3.63, 3.8) is 0 Å². The van der Waals surface area contributed by atoms with E-state index in [1.54, 1.807) is 31.4 Å². The minimum absolute atomic E-state index is 0.166. The van der Waals surface area contributed by atoms with Crippen LogP contribution in [0, 0.1) is 5.82 Å². The number of hydrogen-bond donors (Lipinski definition) is 3. The second-order valence-corrected chi connectivity index (χ2v) is 5.01. The molecule has 0 bridgehead atoms. The van der Waals surface area contributed by atoms with Crippen molar-refractivity contribution in [2.75, 3.05) is 19.0 Å². The van der Waals surface area contributed by atoms with Gasteiger partial charge < -0.3 is 14.8 Å². The maximum absolute atomic E-state index is 12.8. The largest absolute Gasteiger partial charge is 0.497 e. The van der Waals surface area contributed by atoms with Gasteiger partial charge in [-0.1, -0.05) is 0 Å². The zero-order valence-electron chi connectivity index (χ0n) is 12.8. The Kier molecular flexibility index (Phi) is 6.32. The zero-order valence-corrected chi connectivity index (χ0v) is 13.7. The molecule has 0 aliphatic rings. The second kappa shape index (κ2) is 8.68. The molecule has 6 nitrogen and oxygen atoms in total. The van der Waals surface area contributed by atoms with Gasteiger partial charge in [-0.15, -0.1) is 0 Å². The summed E-state index contributed by atoms with van der Waals surface area (Å²) < 4.78 is 23.1. The number of halogens is 1. The molecule has 2 aromatic rings. The fourth-order valence-corrected chi connectivity index (χ4v) is 1.85. The first-order chi connectivity index (χ1) is 11.6. The lowest BCUT2D eigenvalue weighted by molar-refractivity contribution is -0.123. The molecule has 0 aromatic heterocycles. The van der Waals surface area contributed by atoms with E-state index in [-0.39, 0.29) is 17.5 Å². The van der Waals surface area contributed by atoms with Crippen LogP contribution in [0.5, 0.6) is 11.5 Å². The van der Waals surface area contributed by atoms with E-state index in [0.717, 1.165) is 0 Å². The van der Waals surface area contributed by atoms with Crippen LogP contribution >= 0.6 is 12.2 Å². The van der Waals surface area contributed by atoms with Crippen molar-refractivity contribution in [3.8, 4) is 11.5 Å². The van der Waals surface area contributed by atoms with Gasteiger partial charge in [0, 0.05) is 5.69 Å². The monoisotopic (exact) mass is 349 g/mol. The van der Waals surface area contributed by atoms with E-state index < -0.39 is 5.91 Å². The van der Waals surface area contributed by atoms with Crippen molar-refractivity contribution in [2.45, 2.75) is 0 Å². The molecule has 3 N–H and O–H groups in total. The summed E-state index contributed by atoms with van der Waals surface area (Å²) >= 11 is 5.01. The molecular weight excluding hydrogens is 333 g/mol. The molecule has 0 saturated heterocycles. The molecule has 126 valence electrons. The van der Waals surface area contributed by atoms with Crippen LogP contribution in [0.3, 0.4) is 0 Å². The zero-order chi connectivity index (χ0) is 17.4. The fraction of sp³-hybridized carbons (Fsp3) is 0.125. The first-order valence-electron chi connectivity index (χ1n) is 6.95. The van der Waals surface area contributed by atoms with Gasteiger partial charge in [0.25, 0.3) is 5.91 Å². The molecule has 2 aromatic carbocycles. The van der Waals surface area contributed by atoms with Gasteiger partial charge in [-0.25, -0.2) is 4.39 Å². The van der Waals surface area contributed by atoms with Gasteiger partial charge in [0.2, 0.25) is 0 Å². The smallest absolute Gasteiger partial charge is 0.276 e. The van der Waals surface area contributed by atoms with Crippen LogP contribution in [0.4, 0.5) is 10.1 Å². The molecule has 24 heavy (non-hydrogen) atoms. The second-order valence-electron chi connectivity index (χ2n) is 4.60. The van der Waals surface area contributed by atoms with E-state index in [1.165, 1.54) is 24.3 Å². The Labute approximate surface area is 143 Å². The average molecular weight is 349 g/mol. The lowest BCUT2D eigenvalue weighted by Crippen LogP contribution is -2.45. The van der Waals surface area contributed by atoms with E-state index in [9.17, 15) is 9.18 Å². The van der Waals surface area contributed by atoms with Crippen LogP contribution in [-0.4, -0.2) is 24.7 Å². The Morgan fingerprint density at radius 2 is 1.67 bits per heavy atom. The number of carbonyl (C=O) groups excluding carboxylic acids is 1. The average Bonchev–Trinajstić information content (AvgIpc) is 2.60. The van der Waals surface area contributed by atoms with E-state index >= 15 is 0 Å². The summed E-state index contributed by atoms with van der Waals surface area (Å²) in [5.74, 6) is 0.487. The van der Waals surface area contributed by atoms with Crippen molar-refractivity contribution >= 4 is 28.9 Å². The molecule has 0 heterocycles. The highest BCUT2D eigenvalue weighted by atomic mass is 32.1. The molecule has 0 saturated carbocycles. The summed E-state index contributed by atoms with van der Waals surface area (Å²) in [6.45, 7) is -0.182. The molecule has 0 aliphatic carbocycles. The van der Waals surface area contributed by atoms with Crippen LogP contribution in [0.25, 0.3) is 0 Å². The normalized spacial score (nSPS) is 9.75. The third-order valence-electron chi connectivity index (χ3n) is 2.85. The van der Waals surface area contributed by atoms with E-state index in [0.29, 0.717) is 17.2 Å². The highest BCUT2D eigenvalue weighted by Gasteiger charge is 2.04. The van der Waals surface area contributed by atoms with E-state index in [4.69, 9.17) is 21.7 Å². The lowest BCUT2D eigenvalue weighted by Gasteiger charge is -2.12. The van der Waals surface area contributed by atoms with Crippen molar-refractivity contribution < 1.29 is 18.7 Å². The number of hydrazine groups is 1. The number of rotatable bonds is 5. The Morgan fingerprint density at radius 3 is 2.29 bits per heavy atom. The molecule has 0 fully saturated rings. The molecule has 1 amide bonds. The minimum atomic E-state index is -0.408. The highest BCUT2D eigenvalue weighted by molar-refractivity contribution is 7.80. The lowest BCUT2D eigenvalue weighted by atomic mass is 10.3. The highest BCUT2D eigenvalue weighted by Crippen LogP contribution is 2.16. The molecule has 0 radical (unpaired) electrons. The summed E-state index contributed by atoms with van der Waals surface area (Å²) in [5.41, 5.74) is 5.51. The number of thiocarbonyl (C=S) groups is 1. The summed E-state index contributed by atoms with van der Waals surface area (Å²) in [7, 11) is 1.57. The predicted molar refractivity (Wildman–Crippen MR) is 92.4 cm³/mol. The van der Waals surface area contributed by atoms with Gasteiger partial charge in [0.05, 0.1) is 7.11 Å². The van der Waals surface area contributed by atoms with Crippen molar-refractivity contribution in [1.29, 1.82) is 0 Å². The quantitative estimate of drug-likeness (QED) is 0.568. The molecule has 0 aliphatic heterocycles. The van der Waals surface area contributed by atoms with Crippen LogP contribution < -0.4 is 25.6 Å². The van der Waals surface area contributed by atoms with Gasteiger partial charge in [0.15, 0.2) is 11.7 Å². The van der Waals surface area contributed by atoms with E-state index in [2.05, 4.69) is 16.2 Å². The maximum Gasteiger partial charge on any atom is 0.276 e. The standard InChI is InChI=1S/C16H16FN3O3S/c1-22-13-6-8-14(9-7-13)23-10-15(21)19-20-16(24)18-12-4-2-11(17)3-5-12/h2-9H,10H2,1H3,(H,19,21)(H2,18,20,24). The predicted octanol–water partition coefficient (Wildman–Crippen LogP) is 2.23. The van der Waals surface area contributed by atoms with Crippen molar-refractivity contribution in [3.05, 3.63) is 54.3 Å². The van der Waals surface area contributed by atoms with Crippen molar-refractivity contribution in [1.82, 2.24) is 10.9 Å². The molecular formula is C16H16FN3O3S. The topological polar surface area (TPSA) is 71.6 Å². The summed E-state index contributed by atoms with van der Waals surface area (Å²) in [6, 6.07) is 12.5.